The average molecular weight is 478 g/mol. The van der Waals surface area contributed by atoms with Crippen molar-refractivity contribution in [3.05, 3.63) is 71.0 Å². The second-order valence-corrected chi connectivity index (χ2v) is 11.6. The second-order valence-electron chi connectivity index (χ2n) is 11.6. The van der Waals surface area contributed by atoms with E-state index in [4.69, 9.17) is 9.73 Å². The largest absolute Gasteiger partial charge is 0.475 e. The molecule has 1 heterocycles. The molecule has 2 nitrogen and oxygen atoms in total. The summed E-state index contributed by atoms with van der Waals surface area (Å²) in [6.07, 6.45) is 10.8. The van der Waals surface area contributed by atoms with Gasteiger partial charge in [0.05, 0.1) is 0 Å². The molecule has 1 aliphatic heterocycles. The quantitative estimate of drug-likeness (QED) is 0.365. The van der Waals surface area contributed by atoms with Gasteiger partial charge < -0.3 is 4.74 Å². The van der Waals surface area contributed by atoms with Crippen molar-refractivity contribution in [2.24, 2.45) is 16.8 Å². The first kappa shape index (κ1) is 25.9. The number of benzene rings is 2. The van der Waals surface area contributed by atoms with Crippen LogP contribution < -0.4 is 0 Å². The molecule has 190 valence electrons. The lowest BCUT2D eigenvalue weighted by Crippen LogP contribution is -2.40. The monoisotopic (exact) mass is 477 g/mol. The number of halogens is 1. The number of nitrogens with zero attached hydrogens (tertiary/aromatic N) is 1. The Morgan fingerprint density at radius 2 is 1.69 bits per heavy atom. The van der Waals surface area contributed by atoms with Gasteiger partial charge in [-0.1, -0.05) is 82.0 Å². The van der Waals surface area contributed by atoms with E-state index >= 15 is 0 Å². The summed E-state index contributed by atoms with van der Waals surface area (Å²) in [5, 5.41) is 0. The maximum absolute atomic E-state index is 14.2. The van der Waals surface area contributed by atoms with Crippen molar-refractivity contribution in [2.75, 3.05) is 6.54 Å². The topological polar surface area (TPSA) is 21.6 Å². The number of ether oxygens (including phenoxy) is 1. The third kappa shape index (κ3) is 6.74. The molecule has 1 aliphatic carbocycles. The van der Waals surface area contributed by atoms with Crippen LogP contribution in [-0.4, -0.2) is 18.0 Å². The lowest BCUT2D eigenvalue weighted by atomic mass is 9.77. The molecule has 0 radical (unpaired) electrons. The molecule has 0 N–H and O–H groups in total. The van der Waals surface area contributed by atoms with Crippen LogP contribution >= 0.6 is 0 Å². The normalized spacial score (nSPS) is 24.1. The van der Waals surface area contributed by atoms with Crippen molar-refractivity contribution < 1.29 is 9.13 Å². The molecule has 2 aromatic carbocycles. The van der Waals surface area contributed by atoms with Crippen LogP contribution in [0.2, 0.25) is 0 Å². The van der Waals surface area contributed by atoms with Crippen LogP contribution in [0.3, 0.4) is 0 Å². The Hall–Kier alpha value is -2.16. The maximum Gasteiger partial charge on any atom is 0.183 e. The van der Waals surface area contributed by atoms with Crippen molar-refractivity contribution in [1.29, 1.82) is 0 Å². The molecule has 35 heavy (non-hydrogen) atoms. The Balaban J connectivity index is 1.37. The van der Waals surface area contributed by atoms with Gasteiger partial charge in [-0.2, -0.15) is 0 Å². The van der Waals surface area contributed by atoms with Gasteiger partial charge in [0.25, 0.3) is 0 Å². The summed E-state index contributed by atoms with van der Waals surface area (Å²) in [7, 11) is 0. The summed E-state index contributed by atoms with van der Waals surface area (Å²) in [5.74, 6) is 2.41. The van der Waals surface area contributed by atoms with Crippen molar-refractivity contribution in [1.82, 2.24) is 0 Å². The van der Waals surface area contributed by atoms with E-state index in [0.29, 0.717) is 11.8 Å². The first-order valence-electron chi connectivity index (χ1n) is 13.9. The smallest absolute Gasteiger partial charge is 0.183 e. The number of hydrogen-bond acceptors (Lipinski definition) is 2. The predicted molar refractivity (Wildman–Crippen MR) is 145 cm³/mol. The van der Waals surface area contributed by atoms with E-state index in [-0.39, 0.29) is 17.3 Å². The minimum absolute atomic E-state index is 0.122. The molecule has 0 spiro atoms. The number of aliphatic imine (C=N–C) groups is 1. The third-order valence-corrected chi connectivity index (χ3v) is 8.51. The average Bonchev–Trinajstić information content (AvgIpc) is 3.18. The maximum atomic E-state index is 14.2. The van der Waals surface area contributed by atoms with Crippen LogP contribution in [0.25, 0.3) is 0 Å². The summed E-state index contributed by atoms with van der Waals surface area (Å²) < 4.78 is 20.7. The second kappa shape index (κ2) is 11.7. The fourth-order valence-electron chi connectivity index (χ4n) is 6.21. The molecule has 1 fully saturated rings. The standard InChI is InChI=1S/C32H44FNO/c1-23(28-13-9-10-14-30(28)33)15-20-31-34-22-24(2)29(32(3,4)35-31)21-25-16-18-27(19-17-25)26-11-7-5-6-8-12-26/h9-10,13-14,16-19,23-24,26,29H,5-8,11-12,15,20-22H2,1-4H3/t23-,24?,29-/m1/s1. The summed E-state index contributed by atoms with van der Waals surface area (Å²) in [6.45, 7) is 9.62. The van der Waals surface area contributed by atoms with Crippen LogP contribution in [0.4, 0.5) is 4.39 Å². The summed E-state index contributed by atoms with van der Waals surface area (Å²) in [4.78, 5) is 4.86. The van der Waals surface area contributed by atoms with E-state index in [1.807, 2.05) is 12.1 Å². The van der Waals surface area contributed by atoms with E-state index in [9.17, 15) is 4.39 Å². The van der Waals surface area contributed by atoms with Crippen LogP contribution in [0, 0.1) is 17.7 Å². The Labute approximate surface area is 212 Å². The van der Waals surface area contributed by atoms with Crippen LogP contribution in [-0.2, 0) is 11.2 Å². The Kier molecular flexibility index (Phi) is 8.68. The summed E-state index contributed by atoms with van der Waals surface area (Å²) in [6, 6.07) is 16.6. The first-order valence-corrected chi connectivity index (χ1v) is 13.9. The van der Waals surface area contributed by atoms with Crippen LogP contribution in [0.15, 0.2) is 53.5 Å². The van der Waals surface area contributed by atoms with E-state index in [1.165, 1.54) is 49.7 Å². The van der Waals surface area contributed by atoms with Crippen molar-refractivity contribution in [2.45, 2.75) is 103 Å². The SMILES string of the molecule is CC1CN=C(CC[C@@H](C)c2ccccc2F)OC(C)(C)[C@@H]1Cc1ccc(C2CCCCCC2)cc1. The van der Waals surface area contributed by atoms with Crippen molar-refractivity contribution in [3.8, 4) is 0 Å². The molecule has 0 bridgehead atoms. The zero-order valence-electron chi connectivity index (χ0n) is 22.2. The molecule has 2 aliphatic rings. The Morgan fingerprint density at radius 1 is 1.00 bits per heavy atom. The molecular formula is C32H44FNO. The van der Waals surface area contributed by atoms with Gasteiger partial charge in [-0.3, -0.25) is 4.99 Å². The van der Waals surface area contributed by atoms with Gasteiger partial charge in [-0.25, -0.2) is 4.39 Å². The van der Waals surface area contributed by atoms with E-state index < -0.39 is 0 Å². The van der Waals surface area contributed by atoms with Crippen LogP contribution in [0.1, 0.15) is 108 Å². The molecule has 0 aromatic heterocycles. The van der Waals surface area contributed by atoms with Gasteiger partial charge in [0, 0.05) is 18.9 Å². The van der Waals surface area contributed by atoms with Gasteiger partial charge in [0.2, 0.25) is 0 Å². The molecule has 1 saturated carbocycles. The Morgan fingerprint density at radius 3 is 2.37 bits per heavy atom. The molecule has 2 aromatic rings. The van der Waals surface area contributed by atoms with E-state index in [2.05, 4.69) is 52.0 Å². The van der Waals surface area contributed by atoms with Crippen LogP contribution in [0.5, 0.6) is 0 Å². The first-order chi connectivity index (χ1) is 16.8. The zero-order valence-corrected chi connectivity index (χ0v) is 22.2. The lowest BCUT2D eigenvalue weighted by molar-refractivity contribution is 0.0134. The summed E-state index contributed by atoms with van der Waals surface area (Å²) in [5.41, 5.74) is 3.40. The minimum Gasteiger partial charge on any atom is -0.475 e. The highest BCUT2D eigenvalue weighted by Crippen LogP contribution is 2.36. The van der Waals surface area contributed by atoms with E-state index in [1.54, 1.807) is 12.1 Å². The predicted octanol–water partition coefficient (Wildman–Crippen LogP) is 8.85. The van der Waals surface area contributed by atoms with Crippen molar-refractivity contribution >= 4 is 5.90 Å². The van der Waals surface area contributed by atoms with E-state index in [0.717, 1.165) is 43.2 Å². The molecule has 4 rings (SSSR count). The third-order valence-electron chi connectivity index (χ3n) is 8.51. The minimum atomic E-state index is -0.296. The molecular weight excluding hydrogens is 433 g/mol. The Bertz CT molecular complexity index is 971. The van der Waals surface area contributed by atoms with Gasteiger partial charge in [-0.15, -0.1) is 0 Å². The molecule has 3 heteroatoms. The summed E-state index contributed by atoms with van der Waals surface area (Å²) >= 11 is 0. The van der Waals surface area contributed by atoms with Gasteiger partial charge in [0.15, 0.2) is 5.90 Å². The van der Waals surface area contributed by atoms with Gasteiger partial charge >= 0.3 is 0 Å². The lowest BCUT2D eigenvalue weighted by Gasteiger charge is -2.36. The highest BCUT2D eigenvalue weighted by atomic mass is 19.1. The fraction of sp³-hybridized carbons (Fsp3) is 0.594. The highest BCUT2D eigenvalue weighted by Gasteiger charge is 2.38. The van der Waals surface area contributed by atoms with Gasteiger partial charge in [-0.05, 0) is 80.0 Å². The molecule has 1 unspecified atom stereocenters. The van der Waals surface area contributed by atoms with Gasteiger partial charge in [0.1, 0.15) is 11.4 Å². The number of rotatable bonds is 7. The number of hydrogen-bond donors (Lipinski definition) is 0. The molecule has 0 amide bonds. The fourth-order valence-corrected chi connectivity index (χ4v) is 6.21. The highest BCUT2D eigenvalue weighted by molar-refractivity contribution is 5.77. The van der Waals surface area contributed by atoms with Crippen molar-refractivity contribution in [3.63, 3.8) is 0 Å². The zero-order chi connectivity index (χ0) is 24.8. The molecule has 0 saturated heterocycles. The molecule has 3 atom stereocenters.